The molecule has 21 heavy (non-hydrogen) atoms. The molecule has 0 bridgehead atoms. The molecule has 0 saturated carbocycles. The Morgan fingerprint density at radius 2 is 1.81 bits per heavy atom. The van der Waals surface area contributed by atoms with Crippen molar-refractivity contribution in [3.63, 3.8) is 0 Å². The normalized spacial score (nSPS) is 21.5. The maximum Gasteiger partial charge on any atom is 0.490 e. The zero-order valence-corrected chi connectivity index (χ0v) is 11.6. The fourth-order valence-electron chi connectivity index (χ4n) is 2.05. The zero-order chi connectivity index (χ0) is 16.8. The van der Waals surface area contributed by atoms with E-state index in [2.05, 4.69) is 13.8 Å². The van der Waals surface area contributed by atoms with Gasteiger partial charge in [0.2, 0.25) is 0 Å². The van der Waals surface area contributed by atoms with Gasteiger partial charge < -0.3 is 10.2 Å². The van der Waals surface area contributed by atoms with Gasteiger partial charge in [0.05, 0.1) is 0 Å². The molecule has 0 aromatic carbocycles. The molecule has 9 heteroatoms. The number of hydrogen-bond acceptors (Lipinski definition) is 4. The fourth-order valence-corrected chi connectivity index (χ4v) is 2.05. The topological polar surface area (TPSA) is 102 Å². The van der Waals surface area contributed by atoms with Gasteiger partial charge in [-0.15, -0.1) is 0 Å². The van der Waals surface area contributed by atoms with Gasteiger partial charge in [0.15, 0.2) is 6.19 Å². The summed E-state index contributed by atoms with van der Waals surface area (Å²) in [6.07, 6.45) is -0.760. The van der Waals surface area contributed by atoms with Gasteiger partial charge in [-0.1, -0.05) is 13.8 Å². The van der Waals surface area contributed by atoms with E-state index < -0.39 is 24.2 Å². The lowest BCUT2D eigenvalue weighted by Gasteiger charge is -2.23. The summed E-state index contributed by atoms with van der Waals surface area (Å²) < 4.78 is 31.7. The van der Waals surface area contributed by atoms with E-state index in [1.54, 1.807) is 0 Å². The predicted molar refractivity (Wildman–Crippen MR) is 65.0 cm³/mol. The van der Waals surface area contributed by atoms with Crippen molar-refractivity contribution in [1.29, 1.82) is 5.26 Å². The van der Waals surface area contributed by atoms with Crippen LogP contribution >= 0.6 is 0 Å². The SMILES string of the molecule is CC(C)CC1CCC(C(=O)O)N1C#N.O=C(O)C(F)(F)F. The highest BCUT2D eigenvalue weighted by atomic mass is 19.4. The molecule has 1 heterocycles. The second kappa shape index (κ2) is 7.71. The smallest absolute Gasteiger partial charge is 0.480 e. The second-order valence-corrected chi connectivity index (χ2v) is 5.02. The molecule has 1 rings (SSSR count). The standard InChI is InChI=1S/C10H16N2O2.C2HF3O2/c1-7(2)5-8-3-4-9(10(13)14)12(8)6-11;3-2(4,5)1(6)7/h7-9H,3-5H2,1-2H3,(H,13,14);(H,6,7). The van der Waals surface area contributed by atoms with Crippen molar-refractivity contribution >= 4 is 11.9 Å². The third-order valence-corrected chi connectivity index (χ3v) is 2.89. The van der Waals surface area contributed by atoms with Crippen molar-refractivity contribution in [2.75, 3.05) is 0 Å². The van der Waals surface area contributed by atoms with Crippen LogP contribution in [0, 0.1) is 17.4 Å². The number of nitriles is 1. The van der Waals surface area contributed by atoms with Crippen molar-refractivity contribution in [3.8, 4) is 6.19 Å². The minimum Gasteiger partial charge on any atom is -0.480 e. The number of carboxylic acids is 2. The Morgan fingerprint density at radius 1 is 1.33 bits per heavy atom. The van der Waals surface area contributed by atoms with Crippen LogP contribution in [0.15, 0.2) is 0 Å². The van der Waals surface area contributed by atoms with Crippen LogP contribution in [-0.4, -0.2) is 45.3 Å². The predicted octanol–water partition coefficient (Wildman–Crippen LogP) is 2.06. The molecule has 1 saturated heterocycles. The minimum atomic E-state index is -5.08. The molecular weight excluding hydrogens is 293 g/mol. The van der Waals surface area contributed by atoms with Crippen LogP contribution in [0.5, 0.6) is 0 Å². The lowest BCUT2D eigenvalue weighted by Crippen LogP contribution is -2.37. The van der Waals surface area contributed by atoms with Crippen molar-refractivity contribution in [2.45, 2.75) is 51.4 Å². The molecule has 0 aliphatic carbocycles. The van der Waals surface area contributed by atoms with E-state index in [-0.39, 0.29) is 6.04 Å². The average molecular weight is 310 g/mol. The van der Waals surface area contributed by atoms with Gasteiger partial charge in [0.25, 0.3) is 0 Å². The van der Waals surface area contributed by atoms with E-state index in [9.17, 15) is 18.0 Å². The maximum absolute atomic E-state index is 10.8. The summed E-state index contributed by atoms with van der Waals surface area (Å²) >= 11 is 0. The highest BCUT2D eigenvalue weighted by Crippen LogP contribution is 2.27. The summed E-state index contributed by atoms with van der Waals surface area (Å²) in [5.41, 5.74) is 0. The van der Waals surface area contributed by atoms with Crippen LogP contribution in [-0.2, 0) is 9.59 Å². The van der Waals surface area contributed by atoms with Crippen LogP contribution in [0.1, 0.15) is 33.1 Å². The van der Waals surface area contributed by atoms with Crippen LogP contribution in [0.2, 0.25) is 0 Å². The molecule has 0 aromatic heterocycles. The van der Waals surface area contributed by atoms with Crippen molar-refractivity contribution in [2.24, 2.45) is 5.92 Å². The van der Waals surface area contributed by atoms with Gasteiger partial charge in [-0.2, -0.15) is 18.4 Å². The van der Waals surface area contributed by atoms with E-state index in [0.29, 0.717) is 12.3 Å². The van der Waals surface area contributed by atoms with Gasteiger partial charge in [-0.3, -0.25) is 4.90 Å². The summed E-state index contributed by atoms with van der Waals surface area (Å²) in [4.78, 5) is 21.2. The monoisotopic (exact) mass is 310 g/mol. The summed E-state index contributed by atoms with van der Waals surface area (Å²) in [6.45, 7) is 4.17. The zero-order valence-electron chi connectivity index (χ0n) is 11.6. The van der Waals surface area contributed by atoms with Crippen LogP contribution < -0.4 is 0 Å². The Kier molecular flexibility index (Phi) is 6.98. The molecular formula is C12H17F3N2O4. The molecule has 1 aliphatic heterocycles. The first-order valence-corrected chi connectivity index (χ1v) is 6.21. The first kappa shape index (κ1) is 19.0. The van der Waals surface area contributed by atoms with E-state index in [0.717, 1.165) is 12.8 Å². The Hall–Kier alpha value is -1.98. The van der Waals surface area contributed by atoms with E-state index in [1.807, 2.05) is 6.19 Å². The molecule has 2 unspecified atom stereocenters. The number of likely N-dealkylation sites (tertiary alicyclic amines) is 1. The molecule has 6 nitrogen and oxygen atoms in total. The van der Waals surface area contributed by atoms with Crippen molar-refractivity contribution in [1.82, 2.24) is 4.90 Å². The summed E-state index contributed by atoms with van der Waals surface area (Å²) in [7, 11) is 0. The molecule has 120 valence electrons. The summed E-state index contributed by atoms with van der Waals surface area (Å²) in [5.74, 6) is -3.13. The average Bonchev–Trinajstić information content (AvgIpc) is 2.70. The Labute approximate surface area is 119 Å². The van der Waals surface area contributed by atoms with Gasteiger partial charge in [0.1, 0.15) is 6.04 Å². The third kappa shape index (κ3) is 6.33. The van der Waals surface area contributed by atoms with Crippen LogP contribution in [0.4, 0.5) is 13.2 Å². The highest BCUT2D eigenvalue weighted by Gasteiger charge is 2.38. The van der Waals surface area contributed by atoms with E-state index >= 15 is 0 Å². The number of rotatable bonds is 3. The first-order valence-electron chi connectivity index (χ1n) is 6.21. The molecule has 0 radical (unpaired) electrons. The Balaban J connectivity index is 0.000000486. The van der Waals surface area contributed by atoms with E-state index in [4.69, 9.17) is 20.3 Å². The van der Waals surface area contributed by atoms with Crippen molar-refractivity contribution in [3.05, 3.63) is 0 Å². The molecule has 1 fully saturated rings. The van der Waals surface area contributed by atoms with Crippen LogP contribution in [0.3, 0.4) is 0 Å². The van der Waals surface area contributed by atoms with Gasteiger partial charge in [-0.05, 0) is 25.2 Å². The third-order valence-electron chi connectivity index (χ3n) is 2.89. The molecule has 2 atom stereocenters. The Bertz CT molecular complexity index is 418. The van der Waals surface area contributed by atoms with E-state index in [1.165, 1.54) is 4.90 Å². The minimum absolute atomic E-state index is 0.126. The van der Waals surface area contributed by atoms with Crippen LogP contribution in [0.25, 0.3) is 0 Å². The van der Waals surface area contributed by atoms with Gasteiger partial charge in [0, 0.05) is 6.04 Å². The molecule has 0 aromatic rings. The molecule has 0 amide bonds. The number of halogens is 3. The number of carbonyl (C=O) groups is 2. The summed E-state index contributed by atoms with van der Waals surface area (Å²) in [5, 5.41) is 24.9. The largest absolute Gasteiger partial charge is 0.490 e. The van der Waals surface area contributed by atoms with Gasteiger partial charge >= 0.3 is 18.1 Å². The molecule has 1 aliphatic rings. The molecule has 0 spiro atoms. The fraction of sp³-hybridized carbons (Fsp3) is 0.750. The lowest BCUT2D eigenvalue weighted by atomic mass is 10.0. The maximum atomic E-state index is 10.8. The number of aliphatic carboxylic acids is 2. The lowest BCUT2D eigenvalue weighted by molar-refractivity contribution is -0.192. The highest BCUT2D eigenvalue weighted by molar-refractivity contribution is 5.74. The second-order valence-electron chi connectivity index (χ2n) is 5.02. The molecule has 2 N–H and O–H groups in total. The quantitative estimate of drug-likeness (QED) is 0.774. The number of alkyl halides is 3. The van der Waals surface area contributed by atoms with Crippen molar-refractivity contribution < 1.29 is 33.0 Å². The Morgan fingerprint density at radius 3 is 2.10 bits per heavy atom. The number of hydrogen-bond donors (Lipinski definition) is 2. The number of carboxylic acid groups (broad SMARTS) is 2. The van der Waals surface area contributed by atoms with Gasteiger partial charge in [-0.25, -0.2) is 9.59 Å². The first-order chi connectivity index (χ1) is 9.50. The summed E-state index contributed by atoms with van der Waals surface area (Å²) in [6, 6.07) is -0.468. The number of nitrogens with zero attached hydrogens (tertiary/aromatic N) is 2.